The third kappa shape index (κ3) is 3.68. The number of nitrogens with zero attached hydrogens (tertiary/aromatic N) is 1. The van der Waals surface area contributed by atoms with Gasteiger partial charge >= 0.3 is 0 Å². The minimum atomic E-state index is -0.400. The zero-order chi connectivity index (χ0) is 16.4. The van der Waals surface area contributed by atoms with Crippen LogP contribution in [-0.4, -0.2) is 10.9 Å². The third-order valence-electron chi connectivity index (χ3n) is 3.39. The lowest BCUT2D eigenvalue weighted by atomic mass is 9.95. The fraction of sp³-hybridized carbons (Fsp3) is 0.222. The molecule has 3 nitrogen and oxygen atoms in total. The first-order valence-electron chi connectivity index (χ1n) is 7.33. The van der Waals surface area contributed by atoms with Crippen LogP contribution in [0.25, 0.3) is 21.8 Å². The Morgan fingerprint density at radius 3 is 2.39 bits per heavy atom. The zero-order valence-electron chi connectivity index (χ0n) is 13.3. The lowest BCUT2D eigenvalue weighted by Gasteiger charge is -2.17. The first-order chi connectivity index (χ1) is 10.9. The molecule has 0 saturated heterocycles. The minimum absolute atomic E-state index is 0.0126. The molecule has 0 bridgehead atoms. The van der Waals surface area contributed by atoms with E-state index in [0.29, 0.717) is 0 Å². The van der Waals surface area contributed by atoms with Crippen LogP contribution in [0.2, 0.25) is 0 Å². The summed E-state index contributed by atoms with van der Waals surface area (Å²) in [6.45, 7) is 5.70. The lowest BCUT2D eigenvalue weighted by molar-refractivity contribution is -0.123. The van der Waals surface area contributed by atoms with Crippen LogP contribution in [0, 0.1) is 5.41 Å². The van der Waals surface area contributed by atoms with Crippen molar-refractivity contribution in [1.82, 2.24) is 4.98 Å². The Balaban J connectivity index is 1.76. The highest BCUT2D eigenvalue weighted by molar-refractivity contribution is 7.14. The van der Waals surface area contributed by atoms with Crippen LogP contribution in [0.15, 0.2) is 46.5 Å². The molecule has 2 heterocycles. The highest BCUT2D eigenvalue weighted by Gasteiger charge is 2.21. The fourth-order valence-electron chi connectivity index (χ4n) is 1.97. The Morgan fingerprint density at radius 2 is 1.78 bits per heavy atom. The molecule has 0 radical (unpaired) electrons. The zero-order valence-corrected chi connectivity index (χ0v) is 14.9. The summed E-state index contributed by atoms with van der Waals surface area (Å²) < 4.78 is 0. The predicted molar refractivity (Wildman–Crippen MR) is 98.9 cm³/mol. The quantitative estimate of drug-likeness (QED) is 0.680. The van der Waals surface area contributed by atoms with Gasteiger partial charge in [-0.3, -0.25) is 4.79 Å². The number of carbonyl (C=O) groups excluding carboxylic acids is 1. The van der Waals surface area contributed by atoms with E-state index in [1.165, 1.54) is 5.56 Å². The van der Waals surface area contributed by atoms with Crippen LogP contribution in [-0.2, 0) is 4.79 Å². The minimum Gasteiger partial charge on any atom is -0.326 e. The maximum Gasteiger partial charge on any atom is 0.229 e. The van der Waals surface area contributed by atoms with Crippen molar-refractivity contribution in [3.63, 3.8) is 0 Å². The number of hydrogen-bond donors (Lipinski definition) is 1. The number of benzene rings is 1. The number of rotatable bonds is 3. The summed E-state index contributed by atoms with van der Waals surface area (Å²) >= 11 is 3.32. The van der Waals surface area contributed by atoms with Gasteiger partial charge in [0.05, 0.1) is 5.69 Å². The Bertz CT molecular complexity index is 796. The summed E-state index contributed by atoms with van der Waals surface area (Å²) in [5.41, 5.74) is 3.59. The van der Waals surface area contributed by atoms with Gasteiger partial charge in [-0.25, -0.2) is 4.98 Å². The first kappa shape index (κ1) is 15.9. The molecular formula is C18H18N2OS2. The number of carbonyl (C=O) groups is 1. The van der Waals surface area contributed by atoms with Gasteiger partial charge in [0.2, 0.25) is 5.91 Å². The molecule has 1 aromatic carbocycles. The molecule has 0 fully saturated rings. The van der Waals surface area contributed by atoms with Gasteiger partial charge in [-0.15, -0.1) is 11.3 Å². The lowest BCUT2D eigenvalue weighted by Crippen LogP contribution is -2.27. The van der Waals surface area contributed by atoms with Gasteiger partial charge < -0.3 is 5.32 Å². The molecule has 0 aliphatic rings. The Hall–Kier alpha value is -1.98. The highest BCUT2D eigenvalue weighted by Crippen LogP contribution is 2.30. The Morgan fingerprint density at radius 1 is 1.04 bits per heavy atom. The van der Waals surface area contributed by atoms with Crippen molar-refractivity contribution >= 4 is 34.3 Å². The number of amides is 1. The second kappa shape index (κ2) is 6.26. The summed E-state index contributed by atoms with van der Waals surface area (Å²) in [6, 6.07) is 9.90. The maximum absolute atomic E-state index is 12.0. The van der Waals surface area contributed by atoms with E-state index >= 15 is 0 Å². The highest BCUT2D eigenvalue weighted by atomic mass is 32.1. The average Bonchev–Trinajstić information content (AvgIpc) is 3.18. The largest absolute Gasteiger partial charge is 0.326 e. The standard InChI is InChI=1S/C18H18N2OS2/c1-18(2,3)17(21)19-14-6-4-12(5-7-14)15-11-23-16(20-15)13-8-9-22-10-13/h4-11H,1-3H3,(H,19,21). The second-order valence-corrected chi connectivity index (χ2v) is 7.97. The van der Waals surface area contributed by atoms with Crippen molar-refractivity contribution < 1.29 is 4.79 Å². The van der Waals surface area contributed by atoms with E-state index in [1.807, 2.05) is 45.0 Å². The van der Waals surface area contributed by atoms with E-state index in [4.69, 9.17) is 4.98 Å². The van der Waals surface area contributed by atoms with Crippen LogP contribution >= 0.6 is 22.7 Å². The summed E-state index contributed by atoms with van der Waals surface area (Å²) in [5.74, 6) is 0.0126. The molecule has 2 aromatic heterocycles. The molecule has 3 aromatic rings. The van der Waals surface area contributed by atoms with Crippen molar-refractivity contribution in [2.75, 3.05) is 5.32 Å². The SMILES string of the molecule is CC(C)(C)C(=O)Nc1ccc(-c2csc(-c3ccsc3)n2)cc1. The van der Waals surface area contributed by atoms with Crippen LogP contribution in [0.1, 0.15) is 20.8 Å². The first-order valence-corrected chi connectivity index (χ1v) is 9.16. The Labute approximate surface area is 144 Å². The maximum atomic E-state index is 12.0. The van der Waals surface area contributed by atoms with Gasteiger partial charge in [0.15, 0.2) is 0 Å². The third-order valence-corrected chi connectivity index (χ3v) is 4.97. The number of aromatic nitrogens is 1. The van der Waals surface area contributed by atoms with E-state index in [-0.39, 0.29) is 5.91 Å². The molecule has 0 spiro atoms. The van der Waals surface area contributed by atoms with Gasteiger partial charge in [-0.1, -0.05) is 32.9 Å². The molecule has 23 heavy (non-hydrogen) atoms. The number of thiophene rings is 1. The van der Waals surface area contributed by atoms with Gasteiger partial charge in [0.1, 0.15) is 5.01 Å². The predicted octanol–water partition coefficient (Wildman–Crippen LogP) is 5.52. The monoisotopic (exact) mass is 342 g/mol. The molecule has 0 atom stereocenters. The molecule has 118 valence electrons. The number of hydrogen-bond acceptors (Lipinski definition) is 4. The fourth-order valence-corrected chi connectivity index (χ4v) is 3.51. The molecule has 0 unspecified atom stereocenters. The van der Waals surface area contributed by atoms with E-state index < -0.39 is 5.41 Å². The normalized spacial score (nSPS) is 11.4. The van der Waals surface area contributed by atoms with Crippen LogP contribution in [0.3, 0.4) is 0 Å². The average molecular weight is 342 g/mol. The van der Waals surface area contributed by atoms with Crippen molar-refractivity contribution in [1.29, 1.82) is 0 Å². The van der Waals surface area contributed by atoms with Crippen molar-refractivity contribution in [2.45, 2.75) is 20.8 Å². The molecular weight excluding hydrogens is 324 g/mol. The number of thiazole rings is 1. The van der Waals surface area contributed by atoms with Crippen LogP contribution in [0.5, 0.6) is 0 Å². The molecule has 3 rings (SSSR count). The molecule has 0 aliphatic heterocycles. The van der Waals surface area contributed by atoms with Crippen molar-refractivity contribution in [3.05, 3.63) is 46.5 Å². The Kier molecular flexibility index (Phi) is 4.33. The van der Waals surface area contributed by atoms with Crippen LogP contribution in [0.4, 0.5) is 5.69 Å². The van der Waals surface area contributed by atoms with E-state index in [9.17, 15) is 4.79 Å². The summed E-state index contributed by atoms with van der Waals surface area (Å²) in [5, 5.41) is 10.2. The van der Waals surface area contributed by atoms with Crippen LogP contribution < -0.4 is 5.32 Å². The summed E-state index contributed by atoms with van der Waals surface area (Å²) in [4.78, 5) is 16.7. The molecule has 1 amide bonds. The molecule has 0 aliphatic carbocycles. The van der Waals surface area contributed by atoms with Gasteiger partial charge in [0.25, 0.3) is 0 Å². The second-order valence-electron chi connectivity index (χ2n) is 6.33. The smallest absolute Gasteiger partial charge is 0.229 e. The summed E-state index contributed by atoms with van der Waals surface area (Å²) in [7, 11) is 0. The van der Waals surface area contributed by atoms with E-state index in [0.717, 1.165) is 22.0 Å². The van der Waals surface area contributed by atoms with Gasteiger partial charge in [-0.05, 0) is 23.6 Å². The number of nitrogens with one attached hydrogen (secondary N) is 1. The number of anilines is 1. The van der Waals surface area contributed by atoms with Crippen molar-refractivity contribution in [2.24, 2.45) is 5.41 Å². The van der Waals surface area contributed by atoms with E-state index in [1.54, 1.807) is 22.7 Å². The van der Waals surface area contributed by atoms with Crippen molar-refractivity contribution in [3.8, 4) is 21.8 Å². The molecule has 5 heteroatoms. The molecule has 1 N–H and O–H groups in total. The topological polar surface area (TPSA) is 42.0 Å². The van der Waals surface area contributed by atoms with E-state index in [2.05, 4.69) is 27.5 Å². The summed E-state index contributed by atoms with van der Waals surface area (Å²) in [6.07, 6.45) is 0. The molecule has 0 saturated carbocycles. The van der Waals surface area contributed by atoms with Gasteiger partial charge in [0, 0.05) is 33.0 Å². The van der Waals surface area contributed by atoms with Gasteiger partial charge in [-0.2, -0.15) is 11.3 Å².